The molecule has 0 fully saturated rings. The Hall–Kier alpha value is -1.23. The van der Waals surface area contributed by atoms with Crippen LogP contribution < -0.4 is 11.1 Å². The summed E-state index contributed by atoms with van der Waals surface area (Å²) in [4.78, 5) is 0. The maximum absolute atomic E-state index is 5.89. The zero-order valence-corrected chi connectivity index (χ0v) is 12.1. The van der Waals surface area contributed by atoms with Crippen molar-refractivity contribution in [3.63, 3.8) is 0 Å². The van der Waals surface area contributed by atoms with Gasteiger partial charge in [0, 0.05) is 20.6 Å². The molecule has 2 aromatic rings. The van der Waals surface area contributed by atoms with Crippen LogP contribution in [0.15, 0.2) is 36.4 Å². The Morgan fingerprint density at radius 2 is 1.53 bits per heavy atom. The molecule has 3 N–H and O–H groups in total. The summed E-state index contributed by atoms with van der Waals surface area (Å²) in [6.07, 6.45) is 0. The maximum Gasteiger partial charge on any atom is 0.0405 e. The molecule has 0 saturated carbocycles. The first-order chi connectivity index (χ1) is 8.06. The van der Waals surface area contributed by atoms with Gasteiger partial charge in [0.25, 0.3) is 0 Å². The lowest BCUT2D eigenvalue weighted by molar-refractivity contribution is 1.41. The number of aryl methyl sites for hydroxylation is 2. The molecule has 17 heavy (non-hydrogen) atoms. The van der Waals surface area contributed by atoms with Gasteiger partial charge in [0.05, 0.1) is 0 Å². The highest BCUT2D eigenvalue weighted by molar-refractivity contribution is 14.1. The number of hydrogen-bond acceptors (Lipinski definition) is 2. The van der Waals surface area contributed by atoms with Crippen LogP contribution in [0, 0.1) is 17.4 Å². The second-order valence-electron chi connectivity index (χ2n) is 4.16. The summed E-state index contributed by atoms with van der Waals surface area (Å²) in [5.74, 6) is 0. The molecule has 0 spiro atoms. The molecule has 88 valence electrons. The Kier molecular flexibility index (Phi) is 3.57. The van der Waals surface area contributed by atoms with Crippen LogP contribution in [0.3, 0.4) is 0 Å². The Morgan fingerprint density at radius 3 is 2.12 bits per heavy atom. The van der Waals surface area contributed by atoms with Crippen LogP contribution in [-0.4, -0.2) is 0 Å². The standard InChI is InChI=1S/C14H15IN2/c1-9-3-5-11(7-13(9)15)17-12-6-4-10(2)14(16)8-12/h3-8,17H,16H2,1-2H3. The molecule has 0 radical (unpaired) electrons. The van der Waals surface area contributed by atoms with Crippen molar-refractivity contribution < 1.29 is 0 Å². The minimum absolute atomic E-state index is 0.816. The first kappa shape index (κ1) is 12.2. The van der Waals surface area contributed by atoms with E-state index in [1.54, 1.807) is 0 Å². The van der Waals surface area contributed by atoms with Gasteiger partial charge < -0.3 is 11.1 Å². The number of nitrogens with two attached hydrogens (primary N) is 1. The molecule has 0 amide bonds. The molecule has 0 heterocycles. The summed E-state index contributed by atoms with van der Waals surface area (Å²) in [5.41, 5.74) is 11.2. The molecule has 0 saturated heterocycles. The number of anilines is 3. The van der Waals surface area contributed by atoms with Gasteiger partial charge in [0.1, 0.15) is 0 Å². The van der Waals surface area contributed by atoms with E-state index in [-0.39, 0.29) is 0 Å². The zero-order chi connectivity index (χ0) is 12.4. The van der Waals surface area contributed by atoms with Gasteiger partial charge in [0.15, 0.2) is 0 Å². The molecule has 0 aliphatic heterocycles. The third-order valence-corrected chi connectivity index (χ3v) is 3.90. The van der Waals surface area contributed by atoms with E-state index in [4.69, 9.17) is 5.73 Å². The third kappa shape index (κ3) is 2.91. The van der Waals surface area contributed by atoms with E-state index in [1.165, 1.54) is 9.13 Å². The minimum Gasteiger partial charge on any atom is -0.398 e. The largest absolute Gasteiger partial charge is 0.398 e. The lowest BCUT2D eigenvalue weighted by Crippen LogP contribution is -1.95. The molecule has 3 heteroatoms. The van der Waals surface area contributed by atoms with Crippen LogP contribution in [0.5, 0.6) is 0 Å². The average Bonchev–Trinajstić information content (AvgIpc) is 2.29. The fourth-order valence-electron chi connectivity index (χ4n) is 1.56. The summed E-state index contributed by atoms with van der Waals surface area (Å²) in [5, 5.41) is 3.36. The van der Waals surface area contributed by atoms with E-state index in [9.17, 15) is 0 Å². The van der Waals surface area contributed by atoms with Crippen LogP contribution in [0.1, 0.15) is 11.1 Å². The van der Waals surface area contributed by atoms with Gasteiger partial charge in [-0.25, -0.2) is 0 Å². The monoisotopic (exact) mass is 338 g/mol. The van der Waals surface area contributed by atoms with E-state index in [1.807, 2.05) is 25.1 Å². The summed E-state index contributed by atoms with van der Waals surface area (Å²) in [6.45, 7) is 4.11. The van der Waals surface area contributed by atoms with Gasteiger partial charge in [-0.1, -0.05) is 12.1 Å². The van der Waals surface area contributed by atoms with Crippen LogP contribution in [0.4, 0.5) is 17.1 Å². The predicted octanol–water partition coefficient (Wildman–Crippen LogP) is 4.23. The normalized spacial score (nSPS) is 10.3. The van der Waals surface area contributed by atoms with Gasteiger partial charge in [-0.3, -0.25) is 0 Å². The summed E-state index contributed by atoms with van der Waals surface area (Å²) in [7, 11) is 0. The Balaban J connectivity index is 2.25. The molecule has 2 rings (SSSR count). The van der Waals surface area contributed by atoms with E-state index in [2.05, 4.69) is 53.0 Å². The van der Waals surface area contributed by atoms with Crippen molar-refractivity contribution in [2.75, 3.05) is 11.1 Å². The van der Waals surface area contributed by atoms with E-state index in [0.29, 0.717) is 0 Å². The molecular formula is C14H15IN2. The molecular weight excluding hydrogens is 323 g/mol. The predicted molar refractivity (Wildman–Crippen MR) is 82.8 cm³/mol. The Morgan fingerprint density at radius 1 is 0.941 bits per heavy atom. The first-order valence-electron chi connectivity index (χ1n) is 5.45. The average molecular weight is 338 g/mol. The second-order valence-corrected chi connectivity index (χ2v) is 5.32. The highest BCUT2D eigenvalue weighted by Crippen LogP contribution is 2.23. The maximum atomic E-state index is 5.89. The third-order valence-electron chi connectivity index (χ3n) is 2.74. The molecule has 0 unspecified atom stereocenters. The van der Waals surface area contributed by atoms with Gasteiger partial charge in [-0.2, -0.15) is 0 Å². The molecule has 0 atom stereocenters. The Labute approximate surface area is 115 Å². The highest BCUT2D eigenvalue weighted by atomic mass is 127. The fraction of sp³-hybridized carbons (Fsp3) is 0.143. The molecule has 2 aromatic carbocycles. The van der Waals surface area contributed by atoms with E-state index in [0.717, 1.165) is 22.6 Å². The summed E-state index contributed by atoms with van der Waals surface area (Å²) >= 11 is 2.34. The molecule has 0 aromatic heterocycles. The van der Waals surface area contributed by atoms with Gasteiger partial charge >= 0.3 is 0 Å². The van der Waals surface area contributed by atoms with Crippen molar-refractivity contribution in [1.82, 2.24) is 0 Å². The van der Waals surface area contributed by atoms with Crippen molar-refractivity contribution >= 4 is 39.7 Å². The summed E-state index contributed by atoms with van der Waals surface area (Å²) < 4.78 is 1.26. The number of benzene rings is 2. The number of nitrogen functional groups attached to an aromatic ring is 1. The Bertz CT molecular complexity index is 500. The van der Waals surface area contributed by atoms with Crippen LogP contribution >= 0.6 is 22.6 Å². The van der Waals surface area contributed by atoms with Crippen molar-refractivity contribution in [3.05, 3.63) is 51.1 Å². The minimum atomic E-state index is 0.816. The number of halogens is 1. The quantitative estimate of drug-likeness (QED) is 0.635. The highest BCUT2D eigenvalue weighted by Gasteiger charge is 2.00. The van der Waals surface area contributed by atoms with Crippen LogP contribution in [0.25, 0.3) is 0 Å². The topological polar surface area (TPSA) is 38.0 Å². The van der Waals surface area contributed by atoms with Crippen molar-refractivity contribution in [1.29, 1.82) is 0 Å². The van der Waals surface area contributed by atoms with E-state index >= 15 is 0 Å². The lowest BCUT2D eigenvalue weighted by atomic mass is 10.1. The number of nitrogens with one attached hydrogen (secondary N) is 1. The van der Waals surface area contributed by atoms with Crippen LogP contribution in [0.2, 0.25) is 0 Å². The SMILES string of the molecule is Cc1ccc(Nc2ccc(C)c(I)c2)cc1N. The molecule has 0 aliphatic carbocycles. The first-order valence-corrected chi connectivity index (χ1v) is 6.53. The second kappa shape index (κ2) is 4.96. The summed E-state index contributed by atoms with van der Waals surface area (Å²) in [6, 6.07) is 12.3. The number of rotatable bonds is 2. The van der Waals surface area contributed by atoms with Gasteiger partial charge in [-0.05, 0) is 71.8 Å². The fourth-order valence-corrected chi connectivity index (χ4v) is 2.07. The molecule has 2 nitrogen and oxygen atoms in total. The van der Waals surface area contributed by atoms with Crippen molar-refractivity contribution in [2.45, 2.75) is 13.8 Å². The van der Waals surface area contributed by atoms with Crippen molar-refractivity contribution in [2.24, 2.45) is 0 Å². The molecule has 0 bridgehead atoms. The van der Waals surface area contributed by atoms with E-state index < -0.39 is 0 Å². The van der Waals surface area contributed by atoms with Gasteiger partial charge in [-0.15, -0.1) is 0 Å². The lowest BCUT2D eigenvalue weighted by Gasteiger charge is -2.09. The van der Waals surface area contributed by atoms with Crippen LogP contribution in [-0.2, 0) is 0 Å². The molecule has 0 aliphatic rings. The number of hydrogen-bond donors (Lipinski definition) is 2. The van der Waals surface area contributed by atoms with Gasteiger partial charge in [0.2, 0.25) is 0 Å². The zero-order valence-electron chi connectivity index (χ0n) is 9.92. The smallest absolute Gasteiger partial charge is 0.0405 e. The van der Waals surface area contributed by atoms with Crippen molar-refractivity contribution in [3.8, 4) is 0 Å².